The lowest BCUT2D eigenvalue weighted by molar-refractivity contribution is -0.177. The molecule has 5 heteroatoms. The molecule has 4 atom stereocenters. The van der Waals surface area contributed by atoms with Gasteiger partial charge in [-0.3, -0.25) is 9.59 Å². The molecular weight excluding hydrogens is 296 g/mol. The van der Waals surface area contributed by atoms with Crippen molar-refractivity contribution in [1.29, 1.82) is 0 Å². The Morgan fingerprint density at radius 3 is 2.35 bits per heavy atom. The first-order valence-corrected chi connectivity index (χ1v) is 8.60. The second-order valence-corrected chi connectivity index (χ2v) is 7.23. The molecule has 0 aromatic carbocycles. The monoisotopic (exact) mass is 328 g/mol. The molecule has 0 heterocycles. The SMILES string of the molecule is CC[C@@](C)(COC(C)=O)C(=O)O[C@@H]1CC[C@@H](C(C)C)C[C@H]1OC. The summed E-state index contributed by atoms with van der Waals surface area (Å²) in [5, 5.41) is 0. The highest BCUT2D eigenvalue weighted by Crippen LogP contribution is 2.34. The van der Waals surface area contributed by atoms with Crippen LogP contribution < -0.4 is 0 Å². The van der Waals surface area contributed by atoms with Gasteiger partial charge in [0.05, 0.1) is 11.5 Å². The summed E-state index contributed by atoms with van der Waals surface area (Å²) in [6, 6.07) is 0. The minimum Gasteiger partial charge on any atom is -0.465 e. The van der Waals surface area contributed by atoms with E-state index in [0.29, 0.717) is 18.3 Å². The van der Waals surface area contributed by atoms with Gasteiger partial charge in [0.15, 0.2) is 0 Å². The minimum absolute atomic E-state index is 0.0522. The molecule has 23 heavy (non-hydrogen) atoms. The first kappa shape index (κ1) is 19.9. The summed E-state index contributed by atoms with van der Waals surface area (Å²) < 4.78 is 16.4. The molecule has 1 fully saturated rings. The van der Waals surface area contributed by atoms with Gasteiger partial charge in [0, 0.05) is 14.0 Å². The van der Waals surface area contributed by atoms with Crippen LogP contribution in [0.15, 0.2) is 0 Å². The average molecular weight is 328 g/mol. The molecule has 0 aromatic rings. The summed E-state index contributed by atoms with van der Waals surface area (Å²) in [6.07, 6.45) is 3.06. The Morgan fingerprint density at radius 1 is 1.22 bits per heavy atom. The molecule has 1 aliphatic rings. The molecule has 0 aliphatic heterocycles. The minimum atomic E-state index is -0.807. The van der Waals surface area contributed by atoms with E-state index in [-0.39, 0.29) is 30.8 Å². The van der Waals surface area contributed by atoms with Crippen molar-refractivity contribution in [2.45, 2.75) is 72.5 Å². The summed E-state index contributed by atoms with van der Waals surface area (Å²) in [7, 11) is 1.67. The van der Waals surface area contributed by atoms with Crippen LogP contribution in [-0.2, 0) is 23.8 Å². The Morgan fingerprint density at radius 2 is 1.87 bits per heavy atom. The van der Waals surface area contributed by atoms with E-state index in [9.17, 15) is 9.59 Å². The zero-order chi connectivity index (χ0) is 17.6. The average Bonchev–Trinajstić information content (AvgIpc) is 2.52. The standard InChI is InChI=1S/C18H32O5/c1-7-18(5,11-22-13(4)19)17(20)23-15-9-8-14(12(2)3)10-16(15)21-6/h12,14-16H,7-11H2,1-6H3/t14-,15-,16-,18+/m1/s1. The third kappa shape index (κ3) is 5.48. The van der Waals surface area contributed by atoms with Crippen molar-refractivity contribution in [3.8, 4) is 0 Å². The molecule has 0 N–H and O–H groups in total. The van der Waals surface area contributed by atoms with Crippen molar-refractivity contribution in [2.75, 3.05) is 13.7 Å². The fourth-order valence-electron chi connectivity index (χ4n) is 2.97. The number of ether oxygens (including phenoxy) is 3. The van der Waals surface area contributed by atoms with Gasteiger partial charge in [0.25, 0.3) is 0 Å². The van der Waals surface area contributed by atoms with Crippen LogP contribution in [0.3, 0.4) is 0 Å². The number of esters is 2. The third-order valence-electron chi connectivity index (χ3n) is 5.14. The topological polar surface area (TPSA) is 61.8 Å². The van der Waals surface area contributed by atoms with Crippen LogP contribution in [0, 0.1) is 17.3 Å². The van der Waals surface area contributed by atoms with Crippen LogP contribution in [-0.4, -0.2) is 37.9 Å². The van der Waals surface area contributed by atoms with Gasteiger partial charge in [-0.2, -0.15) is 0 Å². The summed E-state index contributed by atoms with van der Waals surface area (Å²) in [5.74, 6) is 0.517. The van der Waals surface area contributed by atoms with E-state index < -0.39 is 5.41 Å². The maximum absolute atomic E-state index is 12.6. The number of methoxy groups -OCH3 is 1. The molecule has 5 nitrogen and oxygen atoms in total. The zero-order valence-electron chi connectivity index (χ0n) is 15.4. The van der Waals surface area contributed by atoms with E-state index in [1.54, 1.807) is 14.0 Å². The van der Waals surface area contributed by atoms with Gasteiger partial charge < -0.3 is 14.2 Å². The summed E-state index contributed by atoms with van der Waals surface area (Å²) in [5.41, 5.74) is -0.807. The zero-order valence-corrected chi connectivity index (χ0v) is 15.4. The molecule has 134 valence electrons. The Balaban J connectivity index is 2.68. The molecule has 0 amide bonds. The van der Waals surface area contributed by atoms with Gasteiger partial charge in [-0.25, -0.2) is 0 Å². The molecule has 0 spiro atoms. The molecule has 1 saturated carbocycles. The van der Waals surface area contributed by atoms with E-state index in [2.05, 4.69) is 13.8 Å². The Labute approximate surface area is 140 Å². The molecule has 1 aliphatic carbocycles. The van der Waals surface area contributed by atoms with Gasteiger partial charge in [-0.15, -0.1) is 0 Å². The highest BCUT2D eigenvalue weighted by atomic mass is 16.6. The molecule has 0 bridgehead atoms. The van der Waals surface area contributed by atoms with Crippen molar-refractivity contribution in [3.63, 3.8) is 0 Å². The molecule has 0 radical (unpaired) electrons. The lowest BCUT2D eigenvalue weighted by Crippen LogP contribution is -2.44. The van der Waals surface area contributed by atoms with Crippen molar-refractivity contribution in [2.24, 2.45) is 17.3 Å². The normalized spacial score (nSPS) is 27.3. The Hall–Kier alpha value is -1.10. The van der Waals surface area contributed by atoms with Crippen LogP contribution in [0.25, 0.3) is 0 Å². The van der Waals surface area contributed by atoms with Crippen molar-refractivity contribution in [3.05, 3.63) is 0 Å². The van der Waals surface area contributed by atoms with Crippen molar-refractivity contribution >= 4 is 11.9 Å². The lowest BCUT2D eigenvalue weighted by Gasteiger charge is -2.38. The Bertz CT molecular complexity index is 406. The quantitative estimate of drug-likeness (QED) is 0.671. The van der Waals surface area contributed by atoms with E-state index in [4.69, 9.17) is 14.2 Å². The number of carbonyl (C=O) groups excluding carboxylic acids is 2. The highest BCUT2D eigenvalue weighted by Gasteiger charge is 2.40. The predicted molar refractivity (Wildman–Crippen MR) is 87.9 cm³/mol. The summed E-state index contributed by atoms with van der Waals surface area (Å²) in [4.78, 5) is 23.6. The molecule has 0 saturated heterocycles. The van der Waals surface area contributed by atoms with Crippen LogP contribution in [0.1, 0.15) is 60.3 Å². The lowest BCUT2D eigenvalue weighted by atomic mass is 9.79. The largest absolute Gasteiger partial charge is 0.465 e. The molecule has 1 rings (SSSR count). The fourth-order valence-corrected chi connectivity index (χ4v) is 2.97. The first-order valence-electron chi connectivity index (χ1n) is 8.60. The second kappa shape index (κ2) is 8.67. The predicted octanol–water partition coefficient (Wildman–Crippen LogP) is 3.35. The van der Waals surface area contributed by atoms with Gasteiger partial charge >= 0.3 is 11.9 Å². The van der Waals surface area contributed by atoms with Crippen molar-refractivity contribution in [1.82, 2.24) is 0 Å². The van der Waals surface area contributed by atoms with Crippen LogP contribution in [0.4, 0.5) is 0 Å². The maximum atomic E-state index is 12.6. The van der Waals surface area contributed by atoms with E-state index in [1.807, 2.05) is 6.92 Å². The third-order valence-corrected chi connectivity index (χ3v) is 5.14. The Kier molecular flexibility index (Phi) is 7.52. The number of hydrogen-bond donors (Lipinski definition) is 0. The first-order chi connectivity index (χ1) is 10.7. The van der Waals surface area contributed by atoms with Gasteiger partial charge in [0.2, 0.25) is 0 Å². The van der Waals surface area contributed by atoms with E-state index in [0.717, 1.165) is 19.3 Å². The summed E-state index contributed by atoms with van der Waals surface area (Å²) in [6.45, 7) is 9.51. The van der Waals surface area contributed by atoms with Crippen LogP contribution in [0.5, 0.6) is 0 Å². The number of carbonyl (C=O) groups is 2. The second-order valence-electron chi connectivity index (χ2n) is 7.23. The van der Waals surface area contributed by atoms with Gasteiger partial charge in [-0.1, -0.05) is 20.8 Å². The maximum Gasteiger partial charge on any atom is 0.315 e. The fraction of sp³-hybridized carbons (Fsp3) is 0.889. The van der Waals surface area contributed by atoms with E-state index in [1.165, 1.54) is 6.92 Å². The molecule has 0 unspecified atom stereocenters. The smallest absolute Gasteiger partial charge is 0.315 e. The van der Waals surface area contributed by atoms with Crippen molar-refractivity contribution < 1.29 is 23.8 Å². The summed E-state index contributed by atoms with van der Waals surface area (Å²) >= 11 is 0. The van der Waals surface area contributed by atoms with E-state index >= 15 is 0 Å². The highest BCUT2D eigenvalue weighted by molar-refractivity contribution is 5.77. The van der Waals surface area contributed by atoms with Crippen LogP contribution >= 0.6 is 0 Å². The molecule has 0 aromatic heterocycles. The van der Waals surface area contributed by atoms with Crippen LogP contribution in [0.2, 0.25) is 0 Å². The number of rotatable bonds is 7. The number of hydrogen-bond acceptors (Lipinski definition) is 5. The van der Waals surface area contributed by atoms with Gasteiger partial charge in [-0.05, 0) is 44.4 Å². The van der Waals surface area contributed by atoms with Gasteiger partial charge in [0.1, 0.15) is 12.7 Å². The molecular formula is C18H32O5.